The van der Waals surface area contributed by atoms with Crippen molar-refractivity contribution in [2.24, 2.45) is 0 Å². The van der Waals surface area contributed by atoms with E-state index in [1.54, 1.807) is 0 Å². The van der Waals surface area contributed by atoms with E-state index in [-0.39, 0.29) is 24.4 Å². The Hall–Kier alpha value is -1.19. The Bertz CT molecular complexity index is 485. The summed E-state index contributed by atoms with van der Waals surface area (Å²) in [6.07, 6.45) is 0. The zero-order valence-corrected chi connectivity index (χ0v) is 12.5. The summed E-state index contributed by atoms with van der Waals surface area (Å²) in [5.41, 5.74) is 0. The minimum Gasteiger partial charge on any atom is -0.406 e. The van der Waals surface area contributed by atoms with Crippen molar-refractivity contribution < 1.29 is 12.8 Å². The summed E-state index contributed by atoms with van der Waals surface area (Å²) in [5, 5.41) is 13.6. The van der Waals surface area contributed by atoms with Crippen LogP contribution in [0.2, 0.25) is 0 Å². The topological polar surface area (TPSA) is 100 Å². The van der Waals surface area contributed by atoms with Gasteiger partial charge >= 0.3 is 6.01 Å². The second-order valence-electron chi connectivity index (χ2n) is 4.25. The fourth-order valence-electron chi connectivity index (χ4n) is 1.34. The molecule has 9 heteroatoms. The smallest absolute Gasteiger partial charge is 0.315 e. The molecule has 2 N–H and O–H groups in total. The fraction of sp³-hybridized carbons (Fsp3) is 0.800. The molecule has 1 rings (SSSR count). The molecule has 8 nitrogen and oxygen atoms in total. The number of aromatic nitrogens is 2. The van der Waals surface area contributed by atoms with Gasteiger partial charge in [-0.05, 0) is 13.5 Å². The monoisotopic (exact) mass is 291 g/mol. The highest BCUT2D eigenvalue weighted by Crippen LogP contribution is 2.13. The lowest BCUT2D eigenvalue weighted by atomic mass is 10.3. The molecule has 0 aliphatic heterocycles. The number of hydrogen-bond acceptors (Lipinski definition) is 7. The van der Waals surface area contributed by atoms with Crippen molar-refractivity contribution in [1.82, 2.24) is 19.8 Å². The molecule has 1 aromatic heterocycles. The molecular formula is C10H21N5O3S. The number of rotatable bonds is 8. The van der Waals surface area contributed by atoms with Crippen molar-refractivity contribution in [2.45, 2.75) is 19.9 Å². The van der Waals surface area contributed by atoms with Crippen LogP contribution in [0.5, 0.6) is 0 Å². The number of sulfonamides is 1. The van der Waals surface area contributed by atoms with Crippen LogP contribution in [0, 0.1) is 0 Å². The molecule has 0 radical (unpaired) electrons. The lowest BCUT2D eigenvalue weighted by Crippen LogP contribution is -2.28. The normalized spacial score (nSPS) is 13.7. The van der Waals surface area contributed by atoms with Crippen LogP contribution < -0.4 is 10.6 Å². The minimum atomic E-state index is -3.22. The molecule has 19 heavy (non-hydrogen) atoms. The lowest BCUT2D eigenvalue weighted by molar-refractivity contribution is 0.429. The van der Waals surface area contributed by atoms with Crippen LogP contribution in [0.15, 0.2) is 4.42 Å². The summed E-state index contributed by atoms with van der Waals surface area (Å²) in [4.78, 5) is 0. The zero-order chi connectivity index (χ0) is 14.5. The number of hydrogen-bond donors (Lipinski definition) is 2. The molecule has 0 aliphatic carbocycles. The standard InChI is InChI=1S/C10H21N5O3S/c1-5-11-8(2)9-13-14-10(18-9)12-6-7-19(16,17)15(3)4/h8,11H,5-7H2,1-4H3,(H,12,14). The molecule has 0 saturated heterocycles. The first-order chi connectivity index (χ1) is 8.86. The first-order valence-electron chi connectivity index (χ1n) is 6.07. The van der Waals surface area contributed by atoms with E-state index in [2.05, 4.69) is 20.8 Å². The Morgan fingerprint density at radius 2 is 2.05 bits per heavy atom. The maximum Gasteiger partial charge on any atom is 0.315 e. The van der Waals surface area contributed by atoms with Crippen LogP contribution in [-0.4, -0.2) is 55.9 Å². The highest BCUT2D eigenvalue weighted by atomic mass is 32.2. The SMILES string of the molecule is CCNC(C)c1nnc(NCCS(=O)(=O)N(C)C)o1. The van der Waals surface area contributed by atoms with Crippen LogP contribution >= 0.6 is 0 Å². The second kappa shape index (κ2) is 6.83. The largest absolute Gasteiger partial charge is 0.406 e. The van der Waals surface area contributed by atoms with Gasteiger partial charge in [0.05, 0.1) is 11.8 Å². The van der Waals surface area contributed by atoms with Gasteiger partial charge < -0.3 is 15.1 Å². The third-order valence-electron chi connectivity index (χ3n) is 2.51. The summed E-state index contributed by atoms with van der Waals surface area (Å²) in [5.74, 6) is 0.445. The van der Waals surface area contributed by atoms with Gasteiger partial charge in [0.15, 0.2) is 0 Å². The van der Waals surface area contributed by atoms with Gasteiger partial charge in [-0.2, -0.15) is 0 Å². The summed E-state index contributed by atoms with van der Waals surface area (Å²) >= 11 is 0. The molecule has 0 amide bonds. The van der Waals surface area contributed by atoms with E-state index < -0.39 is 10.0 Å². The van der Waals surface area contributed by atoms with Gasteiger partial charge in [0.1, 0.15) is 0 Å². The van der Waals surface area contributed by atoms with Gasteiger partial charge in [-0.15, -0.1) is 5.10 Å². The third-order valence-corrected chi connectivity index (χ3v) is 4.35. The first kappa shape index (κ1) is 15.9. The summed E-state index contributed by atoms with van der Waals surface area (Å²) in [7, 11) is -0.221. The Morgan fingerprint density at radius 3 is 2.63 bits per heavy atom. The first-order valence-corrected chi connectivity index (χ1v) is 7.68. The molecule has 0 bridgehead atoms. The van der Waals surface area contributed by atoms with Gasteiger partial charge in [-0.3, -0.25) is 0 Å². The van der Waals surface area contributed by atoms with Gasteiger partial charge in [-0.25, -0.2) is 12.7 Å². The average Bonchev–Trinajstić information content (AvgIpc) is 2.77. The molecule has 0 spiro atoms. The summed E-state index contributed by atoms with van der Waals surface area (Å²) < 4.78 is 29.6. The second-order valence-corrected chi connectivity index (χ2v) is 6.55. The van der Waals surface area contributed by atoms with Crippen molar-refractivity contribution in [3.05, 3.63) is 5.89 Å². The minimum absolute atomic E-state index is 0.0273. The van der Waals surface area contributed by atoms with E-state index in [1.807, 2.05) is 13.8 Å². The van der Waals surface area contributed by atoms with Crippen LogP contribution in [0.4, 0.5) is 6.01 Å². The van der Waals surface area contributed by atoms with E-state index in [9.17, 15) is 8.42 Å². The van der Waals surface area contributed by atoms with Gasteiger partial charge in [0.25, 0.3) is 0 Å². The van der Waals surface area contributed by atoms with E-state index in [1.165, 1.54) is 18.4 Å². The van der Waals surface area contributed by atoms with Crippen LogP contribution in [0.1, 0.15) is 25.8 Å². The fourth-order valence-corrected chi connectivity index (χ4v) is 2.07. The number of nitrogens with one attached hydrogen (secondary N) is 2. The Labute approximate surface area is 113 Å². The predicted molar refractivity (Wildman–Crippen MR) is 72.4 cm³/mol. The molecule has 0 saturated carbocycles. The van der Waals surface area contributed by atoms with E-state index >= 15 is 0 Å². The molecule has 0 aromatic carbocycles. The zero-order valence-electron chi connectivity index (χ0n) is 11.7. The maximum atomic E-state index is 11.5. The molecule has 0 fully saturated rings. The molecule has 1 unspecified atom stereocenters. The van der Waals surface area contributed by atoms with Crippen LogP contribution in [0.3, 0.4) is 0 Å². The van der Waals surface area contributed by atoms with E-state index in [4.69, 9.17) is 4.42 Å². The maximum absolute atomic E-state index is 11.5. The van der Waals surface area contributed by atoms with Crippen molar-refractivity contribution >= 4 is 16.0 Å². The summed E-state index contributed by atoms with van der Waals surface area (Å²) in [6.45, 7) is 4.92. The van der Waals surface area contributed by atoms with Crippen molar-refractivity contribution in [3.63, 3.8) is 0 Å². The van der Waals surface area contributed by atoms with E-state index in [0.29, 0.717) is 5.89 Å². The quantitative estimate of drug-likeness (QED) is 0.697. The van der Waals surface area contributed by atoms with Crippen LogP contribution in [0.25, 0.3) is 0 Å². The predicted octanol–water partition coefficient (Wildman–Crippen LogP) is 0.0434. The molecule has 0 aliphatic rings. The Kier molecular flexibility index (Phi) is 5.70. The highest BCUT2D eigenvalue weighted by molar-refractivity contribution is 7.89. The molecule has 1 atom stereocenters. The van der Waals surface area contributed by atoms with Gasteiger partial charge in [0, 0.05) is 20.6 Å². The average molecular weight is 291 g/mol. The van der Waals surface area contributed by atoms with Crippen molar-refractivity contribution in [3.8, 4) is 0 Å². The Balaban J connectivity index is 2.47. The number of anilines is 1. The van der Waals surface area contributed by atoms with E-state index in [0.717, 1.165) is 6.54 Å². The summed E-state index contributed by atoms with van der Waals surface area (Å²) in [6, 6.07) is 0.201. The highest BCUT2D eigenvalue weighted by Gasteiger charge is 2.15. The molecule has 1 heterocycles. The van der Waals surface area contributed by atoms with Gasteiger partial charge in [-0.1, -0.05) is 12.0 Å². The lowest BCUT2D eigenvalue weighted by Gasteiger charge is -2.10. The van der Waals surface area contributed by atoms with Crippen molar-refractivity contribution in [1.29, 1.82) is 0 Å². The van der Waals surface area contributed by atoms with Crippen LogP contribution in [-0.2, 0) is 10.0 Å². The molecule has 110 valence electrons. The molecular weight excluding hydrogens is 270 g/mol. The third kappa shape index (κ3) is 4.77. The van der Waals surface area contributed by atoms with Crippen molar-refractivity contribution in [2.75, 3.05) is 38.3 Å². The van der Waals surface area contributed by atoms with Gasteiger partial charge in [0.2, 0.25) is 15.9 Å². The Morgan fingerprint density at radius 1 is 1.37 bits per heavy atom. The number of nitrogens with zero attached hydrogens (tertiary/aromatic N) is 3. The molecule has 1 aromatic rings.